The Kier molecular flexibility index (Phi) is 6.46. The molecule has 0 spiro atoms. The third kappa shape index (κ3) is 4.68. The molecule has 0 saturated carbocycles. The molecule has 0 radical (unpaired) electrons. The Morgan fingerprint density at radius 3 is 2.84 bits per heavy atom. The zero-order chi connectivity index (χ0) is 21.6. The largest absolute Gasteiger partial charge is 0.465 e. The maximum absolute atomic E-state index is 13.1. The average molecular weight is 418 g/mol. The zero-order valence-corrected chi connectivity index (χ0v) is 17.6. The van der Waals surface area contributed by atoms with Crippen molar-refractivity contribution in [2.75, 3.05) is 13.2 Å². The van der Waals surface area contributed by atoms with Crippen LogP contribution in [0.4, 0.5) is 0 Å². The summed E-state index contributed by atoms with van der Waals surface area (Å²) >= 11 is 0. The summed E-state index contributed by atoms with van der Waals surface area (Å²) in [6.45, 7) is 2.42. The summed E-state index contributed by atoms with van der Waals surface area (Å²) in [6, 6.07) is 11.3. The van der Waals surface area contributed by atoms with E-state index < -0.39 is 5.97 Å². The van der Waals surface area contributed by atoms with E-state index in [0.717, 1.165) is 59.2 Å². The van der Waals surface area contributed by atoms with Crippen LogP contribution < -0.4 is 5.32 Å². The summed E-state index contributed by atoms with van der Waals surface area (Å²) in [4.78, 5) is 29.9. The number of unbranched alkanes of at least 4 members (excludes halogenated alkanes) is 2. The minimum atomic E-state index is -0.488. The molecule has 0 aliphatic heterocycles. The number of hydrogen-bond acceptors (Lipinski definition) is 5. The number of carbonyl (C=O) groups excluding carboxylic acids is 2. The fraction of sp³-hybridized carbons (Fsp3) is 0.320. The van der Waals surface area contributed by atoms with Crippen molar-refractivity contribution in [3.8, 4) is 0 Å². The molecule has 6 heteroatoms. The molecular weight excluding hydrogens is 392 g/mol. The van der Waals surface area contributed by atoms with E-state index in [-0.39, 0.29) is 12.5 Å². The third-order valence-corrected chi connectivity index (χ3v) is 5.44. The monoisotopic (exact) mass is 418 g/mol. The Balaban J connectivity index is 1.59. The van der Waals surface area contributed by atoms with Gasteiger partial charge < -0.3 is 14.5 Å². The standard InChI is InChI=1S/C25H26N2O4/c1-2-3-6-13-26-22(28)16-31-25(29)23-19-9-4-5-10-21(19)27-24-17(11-12-20(23)24)15-18-8-7-14-30-18/h4-5,7-10,14-15H,2-3,6,11-13,16H2,1H3,(H,26,28)/b17-15+. The molecular formula is C25H26N2O4. The lowest BCUT2D eigenvalue weighted by atomic mass is 10.0. The number of nitrogens with one attached hydrogen (secondary N) is 1. The molecule has 2 heterocycles. The molecule has 0 fully saturated rings. The molecule has 31 heavy (non-hydrogen) atoms. The first-order valence-corrected chi connectivity index (χ1v) is 10.8. The number of ether oxygens (including phenoxy) is 1. The van der Waals surface area contributed by atoms with Crippen molar-refractivity contribution in [2.24, 2.45) is 0 Å². The van der Waals surface area contributed by atoms with Gasteiger partial charge in [-0.25, -0.2) is 9.78 Å². The van der Waals surface area contributed by atoms with Gasteiger partial charge in [0.05, 0.1) is 23.0 Å². The number of benzene rings is 1. The van der Waals surface area contributed by atoms with Crippen LogP contribution in [0.3, 0.4) is 0 Å². The highest BCUT2D eigenvalue weighted by Crippen LogP contribution is 2.37. The summed E-state index contributed by atoms with van der Waals surface area (Å²) < 4.78 is 10.9. The fourth-order valence-electron chi connectivity index (χ4n) is 3.91. The molecule has 0 bridgehead atoms. The molecule has 1 aromatic carbocycles. The van der Waals surface area contributed by atoms with E-state index in [1.807, 2.05) is 42.5 Å². The minimum absolute atomic E-state index is 0.280. The van der Waals surface area contributed by atoms with Crippen molar-refractivity contribution >= 4 is 34.4 Å². The number of esters is 1. The number of rotatable bonds is 8. The lowest BCUT2D eigenvalue weighted by molar-refractivity contribution is -0.124. The molecule has 4 rings (SSSR count). The summed E-state index contributed by atoms with van der Waals surface area (Å²) in [7, 11) is 0. The molecule has 0 unspecified atom stereocenters. The van der Waals surface area contributed by atoms with Crippen LogP contribution >= 0.6 is 0 Å². The second-order valence-corrected chi connectivity index (χ2v) is 7.65. The molecule has 0 atom stereocenters. The maximum Gasteiger partial charge on any atom is 0.339 e. The number of allylic oxidation sites excluding steroid dienone is 1. The van der Waals surface area contributed by atoms with Crippen molar-refractivity contribution in [3.05, 3.63) is 65.2 Å². The van der Waals surface area contributed by atoms with Crippen LogP contribution in [0.15, 0.2) is 47.1 Å². The van der Waals surface area contributed by atoms with Gasteiger partial charge in [0.25, 0.3) is 5.91 Å². The second kappa shape index (κ2) is 9.60. The van der Waals surface area contributed by atoms with Gasteiger partial charge in [0.2, 0.25) is 0 Å². The van der Waals surface area contributed by atoms with Crippen molar-refractivity contribution in [3.63, 3.8) is 0 Å². The smallest absolute Gasteiger partial charge is 0.339 e. The second-order valence-electron chi connectivity index (χ2n) is 7.65. The van der Waals surface area contributed by atoms with E-state index in [1.165, 1.54) is 0 Å². The predicted octanol–water partition coefficient (Wildman–Crippen LogP) is 4.78. The molecule has 3 aromatic rings. The molecule has 1 N–H and O–H groups in total. The van der Waals surface area contributed by atoms with Crippen LogP contribution in [0.2, 0.25) is 0 Å². The number of amides is 1. The topological polar surface area (TPSA) is 81.4 Å². The van der Waals surface area contributed by atoms with Gasteiger partial charge in [0.1, 0.15) is 5.76 Å². The van der Waals surface area contributed by atoms with Crippen LogP contribution in [-0.4, -0.2) is 30.0 Å². The molecule has 0 saturated heterocycles. The molecule has 1 aliphatic rings. The van der Waals surface area contributed by atoms with Gasteiger partial charge >= 0.3 is 5.97 Å². The lowest BCUT2D eigenvalue weighted by Crippen LogP contribution is -2.29. The van der Waals surface area contributed by atoms with E-state index >= 15 is 0 Å². The van der Waals surface area contributed by atoms with Crippen LogP contribution in [-0.2, 0) is 16.0 Å². The number of carbonyl (C=O) groups is 2. The highest BCUT2D eigenvalue weighted by atomic mass is 16.5. The predicted molar refractivity (Wildman–Crippen MR) is 119 cm³/mol. The van der Waals surface area contributed by atoms with Crippen molar-refractivity contribution < 1.29 is 18.7 Å². The molecule has 160 valence electrons. The van der Waals surface area contributed by atoms with E-state index in [9.17, 15) is 9.59 Å². The zero-order valence-electron chi connectivity index (χ0n) is 17.6. The van der Waals surface area contributed by atoms with Gasteiger partial charge in [-0.05, 0) is 54.7 Å². The molecule has 1 amide bonds. The van der Waals surface area contributed by atoms with Crippen molar-refractivity contribution in [1.82, 2.24) is 10.3 Å². The Hall–Kier alpha value is -3.41. The van der Waals surface area contributed by atoms with Gasteiger partial charge in [0, 0.05) is 11.9 Å². The van der Waals surface area contributed by atoms with Gasteiger partial charge in [0.15, 0.2) is 6.61 Å². The number of pyridine rings is 1. The Morgan fingerprint density at radius 1 is 1.16 bits per heavy atom. The van der Waals surface area contributed by atoms with Gasteiger partial charge in [-0.1, -0.05) is 38.0 Å². The first-order valence-electron chi connectivity index (χ1n) is 10.8. The first kappa shape index (κ1) is 20.8. The van der Waals surface area contributed by atoms with Crippen LogP contribution in [0.5, 0.6) is 0 Å². The number of aromatic nitrogens is 1. The molecule has 6 nitrogen and oxygen atoms in total. The van der Waals surface area contributed by atoms with Crippen molar-refractivity contribution in [2.45, 2.75) is 39.0 Å². The Bertz CT molecular complexity index is 1120. The highest BCUT2D eigenvalue weighted by molar-refractivity contribution is 6.07. The summed E-state index contributed by atoms with van der Waals surface area (Å²) in [5.74, 6) is -0.0163. The molecule has 1 aliphatic carbocycles. The van der Waals surface area contributed by atoms with Gasteiger partial charge in [-0.15, -0.1) is 0 Å². The maximum atomic E-state index is 13.1. The van der Waals surface area contributed by atoms with E-state index in [1.54, 1.807) is 6.26 Å². The Morgan fingerprint density at radius 2 is 2.03 bits per heavy atom. The quantitative estimate of drug-likeness (QED) is 0.421. The van der Waals surface area contributed by atoms with E-state index in [4.69, 9.17) is 14.1 Å². The summed E-state index contributed by atoms with van der Waals surface area (Å²) in [5, 5.41) is 3.54. The summed E-state index contributed by atoms with van der Waals surface area (Å²) in [6.07, 6.45) is 8.11. The van der Waals surface area contributed by atoms with E-state index in [2.05, 4.69) is 12.2 Å². The SMILES string of the molecule is CCCCCNC(=O)COC(=O)c1c2c(nc3ccccc13)/C(=C/c1ccco1)CC2. The number of furan rings is 1. The van der Waals surface area contributed by atoms with Gasteiger partial charge in [-0.3, -0.25) is 4.79 Å². The molecule has 2 aromatic heterocycles. The third-order valence-electron chi connectivity index (χ3n) is 5.44. The normalized spacial score (nSPS) is 14.0. The number of para-hydroxylation sites is 1. The minimum Gasteiger partial charge on any atom is -0.465 e. The van der Waals surface area contributed by atoms with Crippen LogP contribution in [0, 0.1) is 0 Å². The van der Waals surface area contributed by atoms with E-state index in [0.29, 0.717) is 18.5 Å². The lowest BCUT2D eigenvalue weighted by Gasteiger charge is -2.12. The van der Waals surface area contributed by atoms with Crippen LogP contribution in [0.25, 0.3) is 22.6 Å². The number of nitrogens with zero attached hydrogens (tertiary/aromatic N) is 1. The highest BCUT2D eigenvalue weighted by Gasteiger charge is 2.28. The van der Waals surface area contributed by atoms with Crippen LogP contribution in [0.1, 0.15) is 60.0 Å². The van der Waals surface area contributed by atoms with Crippen molar-refractivity contribution in [1.29, 1.82) is 0 Å². The van der Waals surface area contributed by atoms with Gasteiger partial charge in [-0.2, -0.15) is 0 Å². The number of fused-ring (bicyclic) bond motifs is 2. The first-order chi connectivity index (χ1) is 15.2. The average Bonchev–Trinajstić information content (AvgIpc) is 3.44. The Labute approximate surface area is 181 Å². The summed E-state index contributed by atoms with van der Waals surface area (Å²) in [5.41, 5.74) is 3.92. The number of hydrogen-bond donors (Lipinski definition) is 1. The fourth-order valence-corrected chi connectivity index (χ4v) is 3.91.